The highest BCUT2D eigenvalue weighted by atomic mass is 16.5. The molecule has 1 aromatic heterocycles. The molecule has 3 aliphatic heterocycles. The highest BCUT2D eigenvalue weighted by molar-refractivity contribution is 5.93. The SMILES string of the molecule is Cc1cc(CN(C)C(=O)[C@H]2[C@@H]3C=C[C@@]4(CN(C5CCCCCC5)C(=O)[C@H]24)O3)no1. The molecule has 1 aliphatic carbocycles. The molecule has 156 valence electrons. The summed E-state index contributed by atoms with van der Waals surface area (Å²) in [4.78, 5) is 30.5. The van der Waals surface area contributed by atoms with Gasteiger partial charge in [0.2, 0.25) is 11.8 Å². The Labute approximate surface area is 171 Å². The Morgan fingerprint density at radius 2 is 2.07 bits per heavy atom. The fraction of sp³-hybridized carbons (Fsp3) is 0.682. The Bertz CT molecular complexity index is 841. The minimum Gasteiger partial charge on any atom is -0.361 e. The summed E-state index contributed by atoms with van der Waals surface area (Å²) in [6, 6.07) is 2.12. The molecule has 0 unspecified atom stereocenters. The molecule has 3 fully saturated rings. The van der Waals surface area contributed by atoms with Gasteiger partial charge in [-0.25, -0.2) is 0 Å². The molecule has 4 aliphatic rings. The number of aryl methyl sites for hydroxylation is 1. The maximum Gasteiger partial charge on any atom is 0.230 e. The van der Waals surface area contributed by atoms with Crippen molar-refractivity contribution in [2.75, 3.05) is 13.6 Å². The molecule has 2 amide bonds. The van der Waals surface area contributed by atoms with E-state index < -0.39 is 17.4 Å². The molecule has 0 N–H and O–H groups in total. The van der Waals surface area contributed by atoms with Gasteiger partial charge in [0, 0.05) is 19.2 Å². The van der Waals surface area contributed by atoms with Crippen LogP contribution in [-0.2, 0) is 20.9 Å². The molecule has 2 bridgehead atoms. The number of hydrogen-bond donors (Lipinski definition) is 0. The number of aromatic nitrogens is 1. The van der Waals surface area contributed by atoms with Crippen LogP contribution in [0.25, 0.3) is 0 Å². The first-order valence-corrected chi connectivity index (χ1v) is 10.8. The highest BCUT2D eigenvalue weighted by Gasteiger charge is 2.67. The van der Waals surface area contributed by atoms with Gasteiger partial charge >= 0.3 is 0 Å². The van der Waals surface area contributed by atoms with Crippen molar-refractivity contribution in [1.82, 2.24) is 15.0 Å². The van der Waals surface area contributed by atoms with Gasteiger partial charge in [-0.05, 0) is 19.8 Å². The van der Waals surface area contributed by atoms with Crippen LogP contribution < -0.4 is 0 Å². The van der Waals surface area contributed by atoms with Crippen LogP contribution in [0, 0.1) is 18.8 Å². The van der Waals surface area contributed by atoms with E-state index in [2.05, 4.69) is 5.16 Å². The summed E-state index contributed by atoms with van der Waals surface area (Å²) >= 11 is 0. The number of fused-ring (bicyclic) bond motifs is 1. The molecule has 4 atom stereocenters. The maximum atomic E-state index is 13.5. The topological polar surface area (TPSA) is 75.9 Å². The molecule has 4 heterocycles. The molecule has 1 saturated carbocycles. The number of likely N-dealkylation sites (tertiary alicyclic amines) is 1. The van der Waals surface area contributed by atoms with Crippen molar-refractivity contribution < 1.29 is 18.8 Å². The van der Waals surface area contributed by atoms with Crippen LogP contribution in [0.3, 0.4) is 0 Å². The Hall–Kier alpha value is -2.15. The van der Waals surface area contributed by atoms with Gasteiger partial charge in [-0.15, -0.1) is 0 Å². The normalized spacial score (nSPS) is 33.9. The van der Waals surface area contributed by atoms with Crippen molar-refractivity contribution in [3.63, 3.8) is 0 Å². The zero-order chi connectivity index (χ0) is 20.2. The van der Waals surface area contributed by atoms with Gasteiger partial charge in [-0.2, -0.15) is 0 Å². The zero-order valence-corrected chi connectivity index (χ0v) is 17.2. The highest BCUT2D eigenvalue weighted by Crippen LogP contribution is 2.53. The summed E-state index contributed by atoms with van der Waals surface area (Å²) < 4.78 is 11.4. The number of ether oxygens (including phenoxy) is 1. The van der Waals surface area contributed by atoms with Gasteiger partial charge in [-0.3, -0.25) is 9.59 Å². The van der Waals surface area contributed by atoms with Crippen LogP contribution in [0.1, 0.15) is 50.0 Å². The maximum absolute atomic E-state index is 13.5. The van der Waals surface area contributed by atoms with E-state index in [1.54, 1.807) is 11.9 Å². The summed E-state index contributed by atoms with van der Waals surface area (Å²) in [5.41, 5.74) is 0.0881. The third kappa shape index (κ3) is 3.01. The molecule has 1 aromatic rings. The summed E-state index contributed by atoms with van der Waals surface area (Å²) in [5, 5.41) is 3.99. The lowest BCUT2D eigenvalue weighted by Gasteiger charge is -2.30. The fourth-order valence-corrected chi connectivity index (χ4v) is 5.76. The van der Waals surface area contributed by atoms with Crippen molar-refractivity contribution in [3.8, 4) is 0 Å². The van der Waals surface area contributed by atoms with E-state index in [0.29, 0.717) is 18.8 Å². The Balaban J connectivity index is 1.36. The number of rotatable bonds is 4. The molecule has 7 heteroatoms. The Morgan fingerprint density at radius 3 is 2.76 bits per heavy atom. The van der Waals surface area contributed by atoms with Crippen molar-refractivity contribution in [2.45, 2.75) is 69.7 Å². The first-order valence-electron chi connectivity index (χ1n) is 10.8. The van der Waals surface area contributed by atoms with Crippen molar-refractivity contribution in [3.05, 3.63) is 29.7 Å². The molecular formula is C22H29N3O4. The van der Waals surface area contributed by atoms with Crippen LogP contribution in [-0.4, -0.2) is 58.1 Å². The second-order valence-corrected chi connectivity index (χ2v) is 9.13. The van der Waals surface area contributed by atoms with Gasteiger partial charge in [-0.1, -0.05) is 43.0 Å². The quantitative estimate of drug-likeness (QED) is 0.574. The van der Waals surface area contributed by atoms with Gasteiger partial charge in [0.15, 0.2) is 0 Å². The lowest BCUT2D eigenvalue weighted by atomic mass is 9.76. The average Bonchev–Trinajstić information content (AvgIpc) is 3.38. The van der Waals surface area contributed by atoms with E-state index in [1.807, 2.05) is 30.0 Å². The standard InChI is InChI=1S/C22H29N3O4/c1-14-11-15(23-29-14)12-24(2)20(26)18-17-9-10-22(28-17)13-25(21(27)19(18)22)16-7-5-3-4-6-8-16/h9-11,16-19H,3-8,12-13H2,1-2H3/t17-,18-,19-,22-/m0/s1. The summed E-state index contributed by atoms with van der Waals surface area (Å²) in [7, 11) is 1.76. The monoisotopic (exact) mass is 399 g/mol. The van der Waals surface area contributed by atoms with Crippen LogP contribution in [0.5, 0.6) is 0 Å². The second-order valence-electron chi connectivity index (χ2n) is 9.13. The van der Waals surface area contributed by atoms with E-state index in [1.165, 1.54) is 25.7 Å². The minimum atomic E-state index is -0.625. The smallest absolute Gasteiger partial charge is 0.230 e. The molecule has 5 rings (SSSR count). The molecular weight excluding hydrogens is 370 g/mol. The van der Waals surface area contributed by atoms with Gasteiger partial charge in [0.1, 0.15) is 17.1 Å². The van der Waals surface area contributed by atoms with Gasteiger partial charge in [0.25, 0.3) is 0 Å². The van der Waals surface area contributed by atoms with Gasteiger partial charge in [0.05, 0.1) is 31.0 Å². The first-order chi connectivity index (χ1) is 14.0. The predicted octanol–water partition coefficient (Wildman–Crippen LogP) is 2.45. The van der Waals surface area contributed by atoms with E-state index in [4.69, 9.17) is 9.26 Å². The van der Waals surface area contributed by atoms with Crippen molar-refractivity contribution in [1.29, 1.82) is 0 Å². The number of carbonyl (C=O) groups is 2. The molecule has 1 spiro atoms. The van der Waals surface area contributed by atoms with Crippen LogP contribution >= 0.6 is 0 Å². The Morgan fingerprint density at radius 1 is 1.31 bits per heavy atom. The van der Waals surface area contributed by atoms with Crippen LogP contribution in [0.2, 0.25) is 0 Å². The lowest BCUT2D eigenvalue weighted by molar-refractivity contribution is -0.143. The minimum absolute atomic E-state index is 0.0528. The lowest BCUT2D eigenvalue weighted by Crippen LogP contribution is -2.45. The van der Waals surface area contributed by atoms with Crippen molar-refractivity contribution in [2.24, 2.45) is 11.8 Å². The van der Waals surface area contributed by atoms with E-state index >= 15 is 0 Å². The van der Waals surface area contributed by atoms with Gasteiger partial charge < -0.3 is 19.1 Å². The van der Waals surface area contributed by atoms with Crippen LogP contribution in [0.15, 0.2) is 22.7 Å². The molecule has 2 saturated heterocycles. The number of amides is 2. The third-order valence-corrected chi connectivity index (χ3v) is 7.13. The second kappa shape index (κ2) is 6.97. The van der Waals surface area contributed by atoms with E-state index in [-0.39, 0.29) is 24.0 Å². The predicted molar refractivity (Wildman–Crippen MR) is 105 cm³/mol. The average molecular weight is 399 g/mol. The van der Waals surface area contributed by atoms with Crippen LogP contribution in [0.4, 0.5) is 0 Å². The Kier molecular flexibility index (Phi) is 4.53. The zero-order valence-electron chi connectivity index (χ0n) is 17.2. The molecule has 0 aromatic carbocycles. The van der Waals surface area contributed by atoms with E-state index in [9.17, 15) is 9.59 Å². The number of hydrogen-bond acceptors (Lipinski definition) is 5. The number of carbonyl (C=O) groups excluding carboxylic acids is 2. The largest absolute Gasteiger partial charge is 0.361 e. The summed E-state index contributed by atoms with van der Waals surface area (Å²) in [5.74, 6) is -0.0947. The summed E-state index contributed by atoms with van der Waals surface area (Å²) in [6.45, 7) is 2.78. The molecule has 29 heavy (non-hydrogen) atoms. The van der Waals surface area contributed by atoms with E-state index in [0.717, 1.165) is 18.6 Å². The number of nitrogens with zero attached hydrogens (tertiary/aromatic N) is 3. The molecule has 7 nitrogen and oxygen atoms in total. The fourth-order valence-electron chi connectivity index (χ4n) is 5.76. The van der Waals surface area contributed by atoms with Crippen molar-refractivity contribution >= 4 is 11.8 Å². The first kappa shape index (κ1) is 18.9. The molecule has 0 radical (unpaired) electrons. The third-order valence-electron chi connectivity index (χ3n) is 7.13. The summed E-state index contributed by atoms with van der Waals surface area (Å²) in [6.07, 6.45) is 10.7.